The van der Waals surface area contributed by atoms with Crippen LogP contribution in [0.4, 0.5) is 13.2 Å². The third-order valence-electron chi connectivity index (χ3n) is 3.65. The van der Waals surface area contributed by atoms with Crippen molar-refractivity contribution in [3.63, 3.8) is 0 Å². The second-order valence-electron chi connectivity index (χ2n) is 6.25. The fourth-order valence-corrected chi connectivity index (χ4v) is 2.60. The Morgan fingerprint density at radius 1 is 1.35 bits per heavy atom. The quantitative estimate of drug-likeness (QED) is 0.745. The molecule has 0 bridgehead atoms. The zero-order chi connectivity index (χ0) is 15.2. The van der Waals surface area contributed by atoms with E-state index in [-0.39, 0.29) is 5.41 Å². The maximum atomic E-state index is 12.6. The van der Waals surface area contributed by atoms with E-state index in [0.29, 0.717) is 32.2 Å². The van der Waals surface area contributed by atoms with Crippen LogP contribution in [0.3, 0.4) is 0 Å². The highest BCUT2D eigenvalue weighted by atomic mass is 19.4. The van der Waals surface area contributed by atoms with Crippen molar-refractivity contribution in [3.05, 3.63) is 0 Å². The molecule has 0 amide bonds. The molecule has 1 atom stereocenters. The Kier molecular flexibility index (Phi) is 6.75. The van der Waals surface area contributed by atoms with E-state index in [4.69, 9.17) is 4.74 Å². The van der Waals surface area contributed by atoms with Crippen LogP contribution in [0.2, 0.25) is 0 Å². The van der Waals surface area contributed by atoms with Gasteiger partial charge in [0.2, 0.25) is 0 Å². The first-order valence-electron chi connectivity index (χ1n) is 7.34. The van der Waals surface area contributed by atoms with Gasteiger partial charge in [0.15, 0.2) is 0 Å². The highest BCUT2D eigenvalue weighted by Crippen LogP contribution is 2.30. The van der Waals surface area contributed by atoms with Crippen LogP contribution in [0.1, 0.15) is 27.2 Å². The Morgan fingerprint density at radius 3 is 2.50 bits per heavy atom. The molecule has 20 heavy (non-hydrogen) atoms. The lowest BCUT2D eigenvalue weighted by molar-refractivity contribution is -0.148. The number of nitrogens with one attached hydrogen (secondary N) is 1. The summed E-state index contributed by atoms with van der Waals surface area (Å²) >= 11 is 0. The Hall–Kier alpha value is -0.330. The summed E-state index contributed by atoms with van der Waals surface area (Å²) < 4.78 is 43.1. The summed E-state index contributed by atoms with van der Waals surface area (Å²) in [5.41, 5.74) is -0.184. The maximum absolute atomic E-state index is 12.6. The maximum Gasteiger partial charge on any atom is 0.401 e. The van der Waals surface area contributed by atoms with Gasteiger partial charge in [-0.3, -0.25) is 4.90 Å². The molecule has 1 N–H and O–H groups in total. The molecule has 1 fully saturated rings. The molecule has 0 saturated carbocycles. The number of hydrogen-bond acceptors (Lipinski definition) is 3. The predicted molar refractivity (Wildman–Crippen MR) is 73.7 cm³/mol. The van der Waals surface area contributed by atoms with Gasteiger partial charge in [-0.2, -0.15) is 13.2 Å². The summed E-state index contributed by atoms with van der Waals surface area (Å²) in [5.74, 6) is 0.534. The van der Waals surface area contributed by atoms with Crippen molar-refractivity contribution in [2.45, 2.75) is 33.4 Å². The van der Waals surface area contributed by atoms with E-state index >= 15 is 0 Å². The third-order valence-corrected chi connectivity index (χ3v) is 3.65. The molecule has 0 aromatic heterocycles. The van der Waals surface area contributed by atoms with E-state index in [1.807, 2.05) is 0 Å². The van der Waals surface area contributed by atoms with Gasteiger partial charge in [-0.05, 0) is 25.4 Å². The summed E-state index contributed by atoms with van der Waals surface area (Å²) in [6, 6.07) is 0. The second kappa shape index (κ2) is 7.61. The predicted octanol–water partition coefficient (Wildman–Crippen LogP) is 2.52. The molecule has 6 heteroatoms. The Labute approximate surface area is 119 Å². The van der Waals surface area contributed by atoms with Gasteiger partial charge in [0.05, 0.1) is 13.2 Å². The van der Waals surface area contributed by atoms with E-state index < -0.39 is 12.7 Å². The minimum Gasteiger partial charge on any atom is -0.381 e. The van der Waals surface area contributed by atoms with Crippen LogP contribution in [-0.2, 0) is 4.74 Å². The van der Waals surface area contributed by atoms with E-state index in [0.717, 1.165) is 19.5 Å². The minimum atomic E-state index is -4.14. The van der Waals surface area contributed by atoms with Gasteiger partial charge in [0.1, 0.15) is 0 Å². The van der Waals surface area contributed by atoms with Gasteiger partial charge >= 0.3 is 6.18 Å². The SMILES string of the molecule is CCN(CC(F)(F)F)CC1(CNCC(C)C)CCOC1. The zero-order valence-corrected chi connectivity index (χ0v) is 12.7. The normalized spacial score (nSPS) is 24.0. The zero-order valence-electron chi connectivity index (χ0n) is 12.7. The van der Waals surface area contributed by atoms with E-state index in [1.54, 1.807) is 6.92 Å². The van der Waals surface area contributed by atoms with Crippen LogP contribution >= 0.6 is 0 Å². The third kappa shape index (κ3) is 6.41. The number of halogens is 3. The van der Waals surface area contributed by atoms with Gasteiger partial charge in [0, 0.05) is 25.1 Å². The van der Waals surface area contributed by atoms with Gasteiger partial charge in [-0.25, -0.2) is 0 Å². The molecule has 120 valence electrons. The molecular formula is C14H27F3N2O. The van der Waals surface area contributed by atoms with Gasteiger partial charge in [0.25, 0.3) is 0 Å². The molecule has 1 heterocycles. The first kappa shape index (κ1) is 17.7. The first-order valence-corrected chi connectivity index (χ1v) is 7.34. The minimum absolute atomic E-state index is 0.184. The van der Waals surface area contributed by atoms with Crippen molar-refractivity contribution in [1.82, 2.24) is 10.2 Å². The number of ether oxygens (including phenoxy) is 1. The van der Waals surface area contributed by atoms with Crippen molar-refractivity contribution in [2.24, 2.45) is 11.3 Å². The number of alkyl halides is 3. The van der Waals surface area contributed by atoms with E-state index in [9.17, 15) is 13.2 Å². The number of nitrogens with zero attached hydrogens (tertiary/aromatic N) is 1. The molecule has 0 aliphatic carbocycles. The summed E-state index contributed by atoms with van der Waals surface area (Å²) in [6.07, 6.45) is -3.31. The lowest BCUT2D eigenvalue weighted by Gasteiger charge is -2.34. The van der Waals surface area contributed by atoms with Crippen LogP contribution < -0.4 is 5.32 Å². The van der Waals surface area contributed by atoms with Crippen LogP contribution in [-0.4, -0.2) is 57.0 Å². The summed E-state index contributed by atoms with van der Waals surface area (Å²) in [5, 5.41) is 3.37. The Bertz CT molecular complexity index is 276. The van der Waals surface area contributed by atoms with E-state index in [2.05, 4.69) is 19.2 Å². The molecule has 0 spiro atoms. The van der Waals surface area contributed by atoms with Crippen molar-refractivity contribution in [1.29, 1.82) is 0 Å². The monoisotopic (exact) mass is 296 g/mol. The molecule has 1 rings (SSSR count). The lowest BCUT2D eigenvalue weighted by atomic mass is 9.86. The largest absolute Gasteiger partial charge is 0.401 e. The molecule has 1 aliphatic heterocycles. The van der Waals surface area contributed by atoms with Crippen LogP contribution in [0, 0.1) is 11.3 Å². The fraction of sp³-hybridized carbons (Fsp3) is 1.00. The van der Waals surface area contributed by atoms with Crippen LogP contribution in [0.25, 0.3) is 0 Å². The van der Waals surface area contributed by atoms with Crippen molar-refractivity contribution in [2.75, 3.05) is 45.9 Å². The molecular weight excluding hydrogens is 269 g/mol. The fourth-order valence-electron chi connectivity index (χ4n) is 2.60. The second-order valence-corrected chi connectivity index (χ2v) is 6.25. The lowest BCUT2D eigenvalue weighted by Crippen LogP contribution is -2.47. The van der Waals surface area contributed by atoms with Crippen molar-refractivity contribution < 1.29 is 17.9 Å². The average Bonchev–Trinajstić information content (AvgIpc) is 2.74. The summed E-state index contributed by atoms with van der Waals surface area (Å²) in [4.78, 5) is 1.48. The van der Waals surface area contributed by atoms with Crippen LogP contribution in [0.5, 0.6) is 0 Å². The molecule has 0 aromatic carbocycles. The molecule has 3 nitrogen and oxygen atoms in total. The molecule has 1 aliphatic rings. The van der Waals surface area contributed by atoms with Gasteiger partial charge in [-0.15, -0.1) is 0 Å². The van der Waals surface area contributed by atoms with E-state index in [1.165, 1.54) is 4.90 Å². The molecule has 0 aromatic rings. The number of hydrogen-bond donors (Lipinski definition) is 1. The first-order chi connectivity index (χ1) is 9.26. The van der Waals surface area contributed by atoms with Gasteiger partial charge < -0.3 is 10.1 Å². The average molecular weight is 296 g/mol. The Balaban J connectivity index is 2.55. The van der Waals surface area contributed by atoms with Crippen LogP contribution in [0.15, 0.2) is 0 Å². The summed E-state index contributed by atoms with van der Waals surface area (Å²) in [7, 11) is 0. The van der Waals surface area contributed by atoms with Crippen molar-refractivity contribution in [3.8, 4) is 0 Å². The standard InChI is InChI=1S/C14H27F3N2O/c1-4-19(10-14(15,16)17)9-13(5-6-20-11-13)8-18-7-12(2)3/h12,18H,4-11H2,1-3H3. The summed E-state index contributed by atoms with van der Waals surface area (Å²) in [6.45, 7) is 8.82. The number of rotatable bonds is 8. The molecule has 0 radical (unpaired) electrons. The Morgan fingerprint density at radius 2 is 2.05 bits per heavy atom. The van der Waals surface area contributed by atoms with Crippen molar-refractivity contribution >= 4 is 0 Å². The van der Waals surface area contributed by atoms with Gasteiger partial charge in [-0.1, -0.05) is 20.8 Å². The smallest absolute Gasteiger partial charge is 0.381 e. The highest BCUT2D eigenvalue weighted by molar-refractivity contribution is 4.89. The topological polar surface area (TPSA) is 24.5 Å². The molecule has 1 saturated heterocycles. The highest BCUT2D eigenvalue weighted by Gasteiger charge is 2.39. The molecule has 1 unspecified atom stereocenters.